The Kier molecular flexibility index (Phi) is 8.87. The van der Waals surface area contributed by atoms with E-state index in [-0.39, 0.29) is 0 Å². The first-order valence-electron chi connectivity index (χ1n) is 7.84. The number of benzene rings is 1. The summed E-state index contributed by atoms with van der Waals surface area (Å²) in [6.45, 7) is 12.6. The van der Waals surface area contributed by atoms with E-state index in [1.807, 2.05) is 19.1 Å². The highest BCUT2D eigenvalue weighted by Crippen LogP contribution is 2.31. The molecule has 0 amide bonds. The zero-order chi connectivity index (χ0) is 15.5. The van der Waals surface area contributed by atoms with Gasteiger partial charge in [-0.25, -0.2) is 0 Å². The quantitative estimate of drug-likeness (QED) is 0.636. The van der Waals surface area contributed by atoms with Crippen molar-refractivity contribution < 1.29 is 14.2 Å². The summed E-state index contributed by atoms with van der Waals surface area (Å²) in [5.74, 6) is 2.18. The summed E-state index contributed by atoms with van der Waals surface area (Å²) in [6.07, 6.45) is 0. The summed E-state index contributed by atoms with van der Waals surface area (Å²) in [5, 5.41) is 3.32. The van der Waals surface area contributed by atoms with Crippen molar-refractivity contribution in [2.24, 2.45) is 5.92 Å². The number of para-hydroxylation sites is 1. The van der Waals surface area contributed by atoms with E-state index in [2.05, 4.69) is 32.2 Å². The van der Waals surface area contributed by atoms with Crippen LogP contribution in [0.4, 0.5) is 0 Å². The van der Waals surface area contributed by atoms with E-state index in [1.54, 1.807) is 0 Å². The molecule has 1 rings (SSSR count). The van der Waals surface area contributed by atoms with Gasteiger partial charge in [0.2, 0.25) is 0 Å². The Morgan fingerprint density at radius 1 is 1.10 bits per heavy atom. The van der Waals surface area contributed by atoms with E-state index < -0.39 is 0 Å². The molecule has 0 spiro atoms. The Morgan fingerprint density at radius 3 is 2.57 bits per heavy atom. The Hall–Kier alpha value is -1.26. The summed E-state index contributed by atoms with van der Waals surface area (Å²) < 4.78 is 17.1. The molecule has 21 heavy (non-hydrogen) atoms. The molecule has 0 aliphatic rings. The van der Waals surface area contributed by atoms with E-state index in [0.717, 1.165) is 36.8 Å². The van der Waals surface area contributed by atoms with Gasteiger partial charge in [-0.3, -0.25) is 0 Å². The van der Waals surface area contributed by atoms with E-state index in [0.29, 0.717) is 25.7 Å². The Labute approximate surface area is 128 Å². The lowest BCUT2D eigenvalue weighted by atomic mass is 10.2. The van der Waals surface area contributed by atoms with Crippen LogP contribution in [0.2, 0.25) is 0 Å². The van der Waals surface area contributed by atoms with Crippen LogP contribution in [-0.4, -0.2) is 33.0 Å². The van der Waals surface area contributed by atoms with Gasteiger partial charge < -0.3 is 19.5 Å². The molecule has 0 atom stereocenters. The normalized spacial score (nSPS) is 10.9. The van der Waals surface area contributed by atoms with Gasteiger partial charge in [-0.05, 0) is 25.5 Å². The van der Waals surface area contributed by atoms with Gasteiger partial charge in [0.05, 0.1) is 13.2 Å². The minimum absolute atomic E-state index is 0.538. The fraction of sp³-hybridized carbons (Fsp3) is 0.647. The van der Waals surface area contributed by atoms with Crippen LogP contribution in [0.25, 0.3) is 0 Å². The van der Waals surface area contributed by atoms with Gasteiger partial charge in [-0.1, -0.05) is 32.9 Å². The third-order valence-corrected chi connectivity index (χ3v) is 2.85. The maximum Gasteiger partial charge on any atom is 0.165 e. The first kappa shape index (κ1) is 17.8. The maximum absolute atomic E-state index is 5.91. The van der Waals surface area contributed by atoms with Gasteiger partial charge in [-0.15, -0.1) is 0 Å². The van der Waals surface area contributed by atoms with Crippen LogP contribution in [0.1, 0.15) is 33.3 Å². The Bertz CT molecular complexity index is 394. The standard InChI is InChI=1S/C17H29NO3/c1-5-18-12-15-8-7-9-16(20-6-2)17(15)21-11-10-19-13-14(3)4/h7-9,14,18H,5-6,10-13H2,1-4H3. The lowest BCUT2D eigenvalue weighted by Crippen LogP contribution is -2.15. The monoisotopic (exact) mass is 295 g/mol. The lowest BCUT2D eigenvalue weighted by Gasteiger charge is -2.16. The zero-order valence-corrected chi connectivity index (χ0v) is 13.8. The van der Waals surface area contributed by atoms with E-state index in [1.165, 1.54) is 0 Å². The van der Waals surface area contributed by atoms with Crippen LogP contribution >= 0.6 is 0 Å². The second kappa shape index (κ2) is 10.5. The zero-order valence-electron chi connectivity index (χ0n) is 13.8. The molecule has 4 heteroatoms. The minimum atomic E-state index is 0.538. The van der Waals surface area contributed by atoms with Crippen molar-refractivity contribution in [2.45, 2.75) is 34.2 Å². The molecule has 0 aliphatic carbocycles. The van der Waals surface area contributed by atoms with Gasteiger partial charge in [0.1, 0.15) is 6.61 Å². The van der Waals surface area contributed by atoms with Crippen LogP contribution in [-0.2, 0) is 11.3 Å². The summed E-state index contributed by atoms with van der Waals surface area (Å²) >= 11 is 0. The minimum Gasteiger partial charge on any atom is -0.490 e. The van der Waals surface area contributed by atoms with Gasteiger partial charge in [0, 0.05) is 18.7 Å². The largest absolute Gasteiger partial charge is 0.490 e. The van der Waals surface area contributed by atoms with Gasteiger partial charge in [0.15, 0.2) is 11.5 Å². The molecule has 0 saturated heterocycles. The summed E-state index contributed by atoms with van der Waals surface area (Å²) in [6, 6.07) is 6.01. The first-order valence-corrected chi connectivity index (χ1v) is 7.84. The molecule has 120 valence electrons. The van der Waals surface area contributed by atoms with Crippen molar-refractivity contribution >= 4 is 0 Å². The fourth-order valence-corrected chi connectivity index (χ4v) is 1.91. The first-order chi connectivity index (χ1) is 10.2. The van der Waals surface area contributed by atoms with Crippen molar-refractivity contribution in [3.8, 4) is 11.5 Å². The molecule has 1 N–H and O–H groups in total. The number of nitrogens with one attached hydrogen (secondary N) is 1. The predicted octanol–water partition coefficient (Wildman–Crippen LogP) is 3.25. The Morgan fingerprint density at radius 2 is 1.90 bits per heavy atom. The summed E-state index contributed by atoms with van der Waals surface area (Å²) in [4.78, 5) is 0. The molecule has 0 aliphatic heterocycles. The van der Waals surface area contributed by atoms with Crippen LogP contribution in [0.15, 0.2) is 18.2 Å². The predicted molar refractivity (Wildman–Crippen MR) is 86.1 cm³/mol. The molecule has 1 aromatic rings. The summed E-state index contributed by atoms with van der Waals surface area (Å²) in [7, 11) is 0. The molecule has 0 bridgehead atoms. The van der Waals surface area contributed by atoms with Gasteiger partial charge in [0.25, 0.3) is 0 Å². The highest BCUT2D eigenvalue weighted by atomic mass is 16.5. The molecule has 4 nitrogen and oxygen atoms in total. The Balaban J connectivity index is 2.62. The number of hydrogen-bond acceptors (Lipinski definition) is 4. The highest BCUT2D eigenvalue weighted by Gasteiger charge is 2.10. The third kappa shape index (κ3) is 6.82. The van der Waals surface area contributed by atoms with Crippen molar-refractivity contribution in [3.05, 3.63) is 23.8 Å². The lowest BCUT2D eigenvalue weighted by molar-refractivity contribution is 0.0805. The van der Waals surface area contributed by atoms with Crippen molar-refractivity contribution in [3.63, 3.8) is 0 Å². The second-order valence-corrected chi connectivity index (χ2v) is 5.27. The van der Waals surface area contributed by atoms with E-state index in [4.69, 9.17) is 14.2 Å². The van der Waals surface area contributed by atoms with Crippen LogP contribution in [0.3, 0.4) is 0 Å². The second-order valence-electron chi connectivity index (χ2n) is 5.27. The third-order valence-electron chi connectivity index (χ3n) is 2.85. The molecule has 0 radical (unpaired) electrons. The molecule has 0 fully saturated rings. The van der Waals surface area contributed by atoms with Crippen LogP contribution < -0.4 is 14.8 Å². The smallest absolute Gasteiger partial charge is 0.165 e. The molecule has 0 aromatic heterocycles. The van der Waals surface area contributed by atoms with E-state index in [9.17, 15) is 0 Å². The van der Waals surface area contributed by atoms with Crippen molar-refractivity contribution in [1.82, 2.24) is 5.32 Å². The highest BCUT2D eigenvalue weighted by molar-refractivity contribution is 5.46. The summed E-state index contributed by atoms with van der Waals surface area (Å²) in [5.41, 5.74) is 1.12. The number of ether oxygens (including phenoxy) is 3. The molecular weight excluding hydrogens is 266 g/mol. The average Bonchev–Trinajstić information content (AvgIpc) is 2.46. The molecule has 0 unspecified atom stereocenters. The van der Waals surface area contributed by atoms with Crippen molar-refractivity contribution in [1.29, 1.82) is 0 Å². The van der Waals surface area contributed by atoms with E-state index >= 15 is 0 Å². The molecule has 0 saturated carbocycles. The SMILES string of the molecule is CCNCc1cccc(OCC)c1OCCOCC(C)C. The number of hydrogen-bond donors (Lipinski definition) is 1. The van der Waals surface area contributed by atoms with Gasteiger partial charge in [-0.2, -0.15) is 0 Å². The van der Waals surface area contributed by atoms with Crippen molar-refractivity contribution in [2.75, 3.05) is 33.0 Å². The molecular formula is C17H29NO3. The van der Waals surface area contributed by atoms with Crippen LogP contribution in [0, 0.1) is 5.92 Å². The van der Waals surface area contributed by atoms with Gasteiger partial charge >= 0.3 is 0 Å². The topological polar surface area (TPSA) is 39.7 Å². The number of rotatable bonds is 11. The maximum atomic E-state index is 5.91. The molecule has 1 aromatic carbocycles. The van der Waals surface area contributed by atoms with Crippen LogP contribution in [0.5, 0.6) is 11.5 Å². The fourth-order valence-electron chi connectivity index (χ4n) is 1.91. The average molecular weight is 295 g/mol. The molecule has 0 heterocycles.